The SMILES string of the molecule is Fc1cccc(Br)c1-c1nnc(C2CC2)o1. The van der Waals surface area contributed by atoms with Crippen molar-refractivity contribution in [3.8, 4) is 11.5 Å². The first-order chi connectivity index (χ1) is 7.75. The van der Waals surface area contributed by atoms with Crippen LogP contribution in [0.15, 0.2) is 27.1 Å². The summed E-state index contributed by atoms with van der Waals surface area (Å²) in [6.07, 6.45) is 2.17. The quantitative estimate of drug-likeness (QED) is 0.846. The van der Waals surface area contributed by atoms with Gasteiger partial charge in [0.05, 0.1) is 5.56 Å². The number of halogens is 2. The van der Waals surface area contributed by atoms with Crippen LogP contribution in [0.4, 0.5) is 4.39 Å². The Morgan fingerprint density at radius 1 is 1.31 bits per heavy atom. The minimum Gasteiger partial charge on any atom is -0.420 e. The molecule has 16 heavy (non-hydrogen) atoms. The Balaban J connectivity index is 2.06. The molecule has 0 radical (unpaired) electrons. The molecular weight excluding hydrogens is 275 g/mol. The van der Waals surface area contributed by atoms with Crippen LogP contribution in [0.25, 0.3) is 11.5 Å². The maximum Gasteiger partial charge on any atom is 0.251 e. The number of hydrogen-bond donors (Lipinski definition) is 0. The van der Waals surface area contributed by atoms with Gasteiger partial charge in [0.15, 0.2) is 0 Å². The molecule has 1 aliphatic rings. The number of nitrogens with zero attached hydrogens (tertiary/aromatic N) is 2. The summed E-state index contributed by atoms with van der Waals surface area (Å²) in [5, 5.41) is 7.82. The van der Waals surface area contributed by atoms with E-state index < -0.39 is 0 Å². The van der Waals surface area contributed by atoms with Crippen molar-refractivity contribution in [1.29, 1.82) is 0 Å². The Hall–Kier alpha value is -1.23. The van der Waals surface area contributed by atoms with E-state index in [2.05, 4.69) is 26.1 Å². The fourth-order valence-electron chi connectivity index (χ4n) is 1.53. The lowest BCUT2D eigenvalue weighted by Gasteiger charge is -1.99. The maximum atomic E-state index is 13.6. The summed E-state index contributed by atoms with van der Waals surface area (Å²) >= 11 is 3.28. The fourth-order valence-corrected chi connectivity index (χ4v) is 2.04. The highest BCUT2D eigenvalue weighted by Crippen LogP contribution is 2.40. The van der Waals surface area contributed by atoms with Crippen molar-refractivity contribution in [2.75, 3.05) is 0 Å². The van der Waals surface area contributed by atoms with Gasteiger partial charge in [0.2, 0.25) is 5.89 Å². The first kappa shape index (κ1) is 9.96. The van der Waals surface area contributed by atoms with Gasteiger partial charge in [-0.2, -0.15) is 0 Å². The topological polar surface area (TPSA) is 38.9 Å². The highest BCUT2D eigenvalue weighted by molar-refractivity contribution is 9.10. The summed E-state index contributed by atoms with van der Waals surface area (Å²) in [5.41, 5.74) is 0.335. The molecule has 2 aromatic rings. The molecular formula is C11H8BrFN2O. The Labute approximate surface area is 99.8 Å². The molecule has 3 rings (SSSR count). The Kier molecular flexibility index (Phi) is 2.28. The largest absolute Gasteiger partial charge is 0.420 e. The van der Waals surface area contributed by atoms with Crippen LogP contribution in [-0.4, -0.2) is 10.2 Å². The van der Waals surface area contributed by atoms with E-state index in [0.717, 1.165) is 12.8 Å². The molecule has 3 nitrogen and oxygen atoms in total. The van der Waals surface area contributed by atoms with E-state index >= 15 is 0 Å². The number of benzene rings is 1. The zero-order valence-corrected chi connectivity index (χ0v) is 9.87. The van der Waals surface area contributed by atoms with Crippen LogP contribution in [0.2, 0.25) is 0 Å². The van der Waals surface area contributed by atoms with Gasteiger partial charge in [-0.1, -0.05) is 6.07 Å². The highest BCUT2D eigenvalue weighted by atomic mass is 79.9. The minimum absolute atomic E-state index is 0.242. The van der Waals surface area contributed by atoms with Gasteiger partial charge in [-0.25, -0.2) is 4.39 Å². The molecule has 0 atom stereocenters. The van der Waals surface area contributed by atoms with E-state index in [1.54, 1.807) is 12.1 Å². The summed E-state index contributed by atoms with van der Waals surface area (Å²) < 4.78 is 19.7. The first-order valence-electron chi connectivity index (χ1n) is 5.03. The van der Waals surface area contributed by atoms with Crippen LogP contribution in [0.5, 0.6) is 0 Å². The van der Waals surface area contributed by atoms with Crippen LogP contribution in [0.1, 0.15) is 24.7 Å². The summed E-state index contributed by atoms with van der Waals surface area (Å²) in [4.78, 5) is 0. The minimum atomic E-state index is -0.361. The van der Waals surface area contributed by atoms with Gasteiger partial charge in [-0.05, 0) is 40.9 Å². The van der Waals surface area contributed by atoms with Gasteiger partial charge in [-0.15, -0.1) is 10.2 Å². The van der Waals surface area contributed by atoms with Gasteiger partial charge < -0.3 is 4.42 Å². The molecule has 0 saturated heterocycles. The predicted octanol–water partition coefficient (Wildman–Crippen LogP) is 3.52. The smallest absolute Gasteiger partial charge is 0.251 e. The summed E-state index contributed by atoms with van der Waals surface area (Å²) in [6.45, 7) is 0. The van der Waals surface area contributed by atoms with Crippen molar-refractivity contribution in [2.24, 2.45) is 0 Å². The van der Waals surface area contributed by atoms with Gasteiger partial charge >= 0.3 is 0 Å². The standard InChI is InChI=1S/C11H8BrFN2O/c12-7-2-1-3-8(13)9(7)11-15-14-10(16-11)6-4-5-6/h1-3,6H,4-5H2. The van der Waals surface area contributed by atoms with Gasteiger partial charge in [-0.3, -0.25) is 0 Å². The van der Waals surface area contributed by atoms with Crippen molar-refractivity contribution in [3.63, 3.8) is 0 Å². The Morgan fingerprint density at radius 2 is 2.12 bits per heavy atom. The molecule has 82 valence electrons. The third-order valence-corrected chi connectivity index (χ3v) is 3.20. The third-order valence-electron chi connectivity index (χ3n) is 2.54. The normalized spacial score (nSPS) is 15.4. The van der Waals surface area contributed by atoms with E-state index in [-0.39, 0.29) is 11.7 Å². The second-order valence-electron chi connectivity index (χ2n) is 3.82. The zero-order valence-electron chi connectivity index (χ0n) is 8.28. The monoisotopic (exact) mass is 282 g/mol. The number of hydrogen-bond acceptors (Lipinski definition) is 3. The number of aromatic nitrogens is 2. The lowest BCUT2D eigenvalue weighted by atomic mass is 10.2. The molecule has 1 fully saturated rings. The number of rotatable bonds is 2. The molecule has 1 saturated carbocycles. The van der Waals surface area contributed by atoms with Crippen LogP contribution < -0.4 is 0 Å². The van der Waals surface area contributed by atoms with Crippen LogP contribution in [0, 0.1) is 5.82 Å². The Morgan fingerprint density at radius 3 is 2.81 bits per heavy atom. The lowest BCUT2D eigenvalue weighted by Crippen LogP contribution is -1.85. The molecule has 0 spiro atoms. The molecule has 1 aromatic heterocycles. The molecule has 0 unspecified atom stereocenters. The molecule has 1 aliphatic carbocycles. The van der Waals surface area contributed by atoms with E-state index in [1.807, 2.05) is 0 Å². The van der Waals surface area contributed by atoms with Crippen molar-refractivity contribution in [2.45, 2.75) is 18.8 Å². The molecule has 5 heteroatoms. The average Bonchev–Trinajstić information content (AvgIpc) is 2.99. The summed E-state index contributed by atoms with van der Waals surface area (Å²) in [5.74, 6) is 0.879. The molecule has 0 amide bonds. The van der Waals surface area contributed by atoms with Crippen LogP contribution in [-0.2, 0) is 0 Å². The molecule has 0 aliphatic heterocycles. The zero-order chi connectivity index (χ0) is 11.1. The summed E-state index contributed by atoms with van der Waals surface area (Å²) in [6, 6.07) is 4.75. The fraction of sp³-hybridized carbons (Fsp3) is 0.273. The lowest BCUT2D eigenvalue weighted by molar-refractivity contribution is 0.503. The van der Waals surface area contributed by atoms with Crippen molar-refractivity contribution >= 4 is 15.9 Å². The van der Waals surface area contributed by atoms with Crippen molar-refractivity contribution < 1.29 is 8.81 Å². The molecule has 0 N–H and O–H groups in total. The molecule has 1 aromatic carbocycles. The van der Waals surface area contributed by atoms with Gasteiger partial charge in [0.25, 0.3) is 5.89 Å². The highest BCUT2D eigenvalue weighted by Gasteiger charge is 2.30. The second-order valence-corrected chi connectivity index (χ2v) is 4.67. The van der Waals surface area contributed by atoms with E-state index in [9.17, 15) is 4.39 Å². The Bertz CT molecular complexity index is 516. The van der Waals surface area contributed by atoms with E-state index in [1.165, 1.54) is 6.07 Å². The summed E-state index contributed by atoms with van der Waals surface area (Å²) in [7, 11) is 0. The van der Waals surface area contributed by atoms with Gasteiger partial charge in [0, 0.05) is 10.4 Å². The average molecular weight is 283 g/mol. The van der Waals surface area contributed by atoms with Crippen molar-refractivity contribution in [3.05, 3.63) is 34.4 Å². The van der Waals surface area contributed by atoms with Crippen molar-refractivity contribution in [1.82, 2.24) is 10.2 Å². The van der Waals surface area contributed by atoms with E-state index in [0.29, 0.717) is 21.8 Å². The van der Waals surface area contributed by atoms with E-state index in [4.69, 9.17) is 4.42 Å². The third kappa shape index (κ3) is 1.65. The van der Waals surface area contributed by atoms with Crippen LogP contribution >= 0.6 is 15.9 Å². The second kappa shape index (κ2) is 3.66. The molecule has 1 heterocycles. The maximum absolute atomic E-state index is 13.6. The van der Waals surface area contributed by atoms with Crippen LogP contribution in [0.3, 0.4) is 0 Å². The first-order valence-corrected chi connectivity index (χ1v) is 5.83. The van der Waals surface area contributed by atoms with Gasteiger partial charge in [0.1, 0.15) is 5.82 Å². The molecule has 0 bridgehead atoms. The predicted molar refractivity (Wildman–Crippen MR) is 59.4 cm³/mol.